The van der Waals surface area contributed by atoms with Crippen molar-refractivity contribution in [2.75, 3.05) is 26.9 Å². The zero-order chi connectivity index (χ0) is 24.1. The van der Waals surface area contributed by atoms with E-state index in [4.69, 9.17) is 24.7 Å². The van der Waals surface area contributed by atoms with E-state index in [0.717, 1.165) is 0 Å². The van der Waals surface area contributed by atoms with Crippen molar-refractivity contribution in [3.8, 4) is 5.75 Å². The van der Waals surface area contributed by atoms with Gasteiger partial charge in [0.15, 0.2) is 24.4 Å². The molecule has 0 fully saturated rings. The fourth-order valence-corrected chi connectivity index (χ4v) is 2.95. The minimum absolute atomic E-state index is 0.0255. The smallest absolute Gasteiger partial charge is 0.345 e. The zero-order valence-corrected chi connectivity index (χ0v) is 19.0. The number of carbonyl (C=O) groups excluding carboxylic acids is 3. The van der Waals surface area contributed by atoms with E-state index < -0.39 is 18.3 Å². The van der Waals surface area contributed by atoms with Crippen LogP contribution in [0.4, 0.5) is 0 Å². The number of carbonyl (C=O) groups is 3. The Morgan fingerprint density at radius 3 is 2.39 bits per heavy atom. The van der Waals surface area contributed by atoms with Gasteiger partial charge in [0.25, 0.3) is 0 Å². The van der Waals surface area contributed by atoms with Gasteiger partial charge in [0.2, 0.25) is 0 Å². The second-order valence-corrected chi connectivity index (χ2v) is 7.45. The molecule has 0 saturated carbocycles. The number of methoxy groups -OCH3 is 1. The maximum absolute atomic E-state index is 12.5. The van der Waals surface area contributed by atoms with Crippen LogP contribution in [-0.4, -0.2) is 56.8 Å². The van der Waals surface area contributed by atoms with Gasteiger partial charge in [-0.05, 0) is 38.3 Å². The summed E-state index contributed by atoms with van der Waals surface area (Å²) in [5.41, 5.74) is 6.88. The number of ketones is 2. The fourth-order valence-electron chi connectivity index (χ4n) is 2.95. The van der Waals surface area contributed by atoms with Crippen molar-refractivity contribution in [1.29, 1.82) is 0 Å². The van der Waals surface area contributed by atoms with Crippen molar-refractivity contribution in [1.82, 2.24) is 0 Å². The molecule has 0 bridgehead atoms. The number of hydrogen-bond donors (Lipinski definition) is 1. The summed E-state index contributed by atoms with van der Waals surface area (Å²) in [4.78, 5) is 36.1. The van der Waals surface area contributed by atoms with E-state index in [1.807, 2.05) is 6.07 Å². The van der Waals surface area contributed by atoms with Gasteiger partial charge in [-0.3, -0.25) is 15.3 Å². The van der Waals surface area contributed by atoms with Gasteiger partial charge >= 0.3 is 5.97 Å². The highest BCUT2D eigenvalue weighted by molar-refractivity contribution is 6.09. The highest BCUT2D eigenvalue weighted by Crippen LogP contribution is 2.17. The summed E-state index contributed by atoms with van der Waals surface area (Å²) in [7, 11) is 1.46. The van der Waals surface area contributed by atoms with E-state index in [9.17, 15) is 14.4 Å². The average molecular weight is 458 g/mol. The first-order valence-electron chi connectivity index (χ1n) is 10.8. The lowest BCUT2D eigenvalue weighted by atomic mass is 10.0. The van der Waals surface area contributed by atoms with Gasteiger partial charge in [0, 0.05) is 24.8 Å². The summed E-state index contributed by atoms with van der Waals surface area (Å²) in [5, 5.41) is 0. The molecule has 2 N–H and O–H groups in total. The minimum atomic E-state index is -0.764. The number of unbranched alkanes of at least 4 members (excludes halogenated alkanes) is 1. The SMILES string of the molecule is COCC(=O)C(C)OCCCCC(N)OC(=O)COc1cccc(C(=O)c2ccccc2)c1. The van der Waals surface area contributed by atoms with Crippen LogP contribution in [0.1, 0.15) is 42.1 Å². The quantitative estimate of drug-likeness (QED) is 0.188. The van der Waals surface area contributed by atoms with Crippen LogP contribution in [0.25, 0.3) is 0 Å². The molecular weight excluding hydrogens is 426 g/mol. The highest BCUT2D eigenvalue weighted by atomic mass is 16.6. The second-order valence-electron chi connectivity index (χ2n) is 7.45. The number of esters is 1. The van der Waals surface area contributed by atoms with Crippen LogP contribution in [0.2, 0.25) is 0 Å². The molecule has 0 radical (unpaired) electrons. The third-order valence-corrected chi connectivity index (χ3v) is 4.76. The Kier molecular flexibility index (Phi) is 11.2. The molecule has 0 spiro atoms. The molecule has 0 amide bonds. The lowest BCUT2D eigenvalue weighted by Gasteiger charge is -2.14. The first kappa shape index (κ1) is 26.2. The maximum atomic E-state index is 12.5. The molecule has 178 valence electrons. The van der Waals surface area contributed by atoms with Gasteiger partial charge in [-0.25, -0.2) is 4.79 Å². The lowest BCUT2D eigenvalue weighted by Crippen LogP contribution is -2.30. The Morgan fingerprint density at radius 1 is 0.939 bits per heavy atom. The molecule has 0 aliphatic carbocycles. The van der Waals surface area contributed by atoms with Gasteiger partial charge < -0.3 is 18.9 Å². The van der Waals surface area contributed by atoms with Gasteiger partial charge in [-0.1, -0.05) is 42.5 Å². The number of Topliss-reactive ketones (excluding diaryl/α,β-unsaturated/α-hetero) is 1. The van der Waals surface area contributed by atoms with Crippen LogP contribution in [-0.2, 0) is 23.8 Å². The van der Waals surface area contributed by atoms with E-state index in [0.29, 0.717) is 42.7 Å². The third kappa shape index (κ3) is 9.53. The number of rotatable bonds is 15. The van der Waals surface area contributed by atoms with Gasteiger partial charge in [-0.2, -0.15) is 0 Å². The maximum Gasteiger partial charge on any atom is 0.345 e. The van der Waals surface area contributed by atoms with Crippen molar-refractivity contribution in [3.05, 3.63) is 65.7 Å². The van der Waals surface area contributed by atoms with E-state index in [1.54, 1.807) is 55.5 Å². The molecule has 0 heterocycles. The Hall–Kier alpha value is -3.07. The molecule has 33 heavy (non-hydrogen) atoms. The van der Waals surface area contributed by atoms with Crippen molar-refractivity contribution in [3.63, 3.8) is 0 Å². The monoisotopic (exact) mass is 457 g/mol. The molecule has 0 saturated heterocycles. The van der Waals surface area contributed by atoms with Crippen LogP contribution in [0, 0.1) is 0 Å². The van der Waals surface area contributed by atoms with Crippen molar-refractivity contribution in [2.45, 2.75) is 38.5 Å². The Balaban J connectivity index is 1.67. The normalized spacial score (nSPS) is 12.6. The Labute approximate surface area is 194 Å². The second kappa shape index (κ2) is 14.2. The van der Waals surface area contributed by atoms with Crippen LogP contribution in [0.15, 0.2) is 54.6 Å². The average Bonchev–Trinajstić information content (AvgIpc) is 2.82. The summed E-state index contributed by atoms with van der Waals surface area (Å²) in [6.45, 7) is 1.79. The molecule has 2 atom stereocenters. The molecule has 2 aromatic carbocycles. The fraction of sp³-hybridized carbons (Fsp3) is 0.400. The van der Waals surface area contributed by atoms with Gasteiger partial charge in [0.05, 0.1) is 0 Å². The molecule has 2 unspecified atom stereocenters. The van der Waals surface area contributed by atoms with Crippen LogP contribution < -0.4 is 10.5 Å². The topological polar surface area (TPSA) is 114 Å². The summed E-state index contributed by atoms with van der Waals surface area (Å²) < 4.78 is 20.8. The van der Waals surface area contributed by atoms with E-state index >= 15 is 0 Å². The summed E-state index contributed by atoms with van der Waals surface area (Å²) in [6.07, 6.45) is 0.518. The van der Waals surface area contributed by atoms with Crippen molar-refractivity contribution in [2.24, 2.45) is 5.73 Å². The lowest BCUT2D eigenvalue weighted by molar-refractivity contribution is -0.151. The number of ether oxygens (including phenoxy) is 4. The number of nitrogens with two attached hydrogens (primary N) is 1. The van der Waals surface area contributed by atoms with Crippen molar-refractivity contribution < 1.29 is 33.3 Å². The van der Waals surface area contributed by atoms with Gasteiger partial charge in [-0.15, -0.1) is 0 Å². The molecule has 0 aliphatic heterocycles. The minimum Gasteiger partial charge on any atom is -0.482 e. The van der Waals surface area contributed by atoms with E-state index in [-0.39, 0.29) is 24.8 Å². The largest absolute Gasteiger partial charge is 0.482 e. The molecule has 2 aromatic rings. The van der Waals surface area contributed by atoms with E-state index in [2.05, 4.69) is 0 Å². The molecular formula is C25H31NO7. The summed E-state index contributed by atoms with van der Waals surface area (Å²) in [6, 6.07) is 15.5. The first-order valence-corrected chi connectivity index (χ1v) is 10.8. The standard InChI is InChI=1S/C25H31NO7/c1-18(22(27)16-30-2)31-14-7-6-13-23(26)33-24(28)17-32-21-12-8-11-20(15-21)25(29)19-9-4-3-5-10-19/h3-5,8-12,15,18,23H,6-7,13-14,16-17,26H2,1-2H3. The van der Waals surface area contributed by atoms with Crippen molar-refractivity contribution >= 4 is 17.5 Å². The number of benzene rings is 2. The van der Waals surface area contributed by atoms with Crippen LogP contribution >= 0.6 is 0 Å². The predicted octanol–water partition coefficient (Wildman–Crippen LogP) is 2.92. The Bertz CT molecular complexity index is 901. The predicted molar refractivity (Wildman–Crippen MR) is 122 cm³/mol. The van der Waals surface area contributed by atoms with Crippen LogP contribution in [0.5, 0.6) is 5.75 Å². The molecule has 8 nitrogen and oxygen atoms in total. The molecule has 0 aromatic heterocycles. The summed E-state index contributed by atoms with van der Waals surface area (Å²) in [5.74, 6) is -0.459. The van der Waals surface area contributed by atoms with E-state index in [1.165, 1.54) is 7.11 Å². The molecule has 8 heteroatoms. The Morgan fingerprint density at radius 2 is 1.67 bits per heavy atom. The first-order chi connectivity index (χ1) is 15.9. The number of hydrogen-bond acceptors (Lipinski definition) is 8. The zero-order valence-electron chi connectivity index (χ0n) is 19.0. The highest BCUT2D eigenvalue weighted by Gasteiger charge is 2.14. The summed E-state index contributed by atoms with van der Waals surface area (Å²) >= 11 is 0. The van der Waals surface area contributed by atoms with Crippen LogP contribution in [0.3, 0.4) is 0 Å². The molecule has 0 aliphatic rings. The molecule has 2 rings (SSSR count). The third-order valence-electron chi connectivity index (χ3n) is 4.76. The van der Waals surface area contributed by atoms with Gasteiger partial charge in [0.1, 0.15) is 18.5 Å².